The lowest BCUT2D eigenvalue weighted by Crippen LogP contribution is -2.45. The third-order valence-corrected chi connectivity index (χ3v) is 4.44. The minimum Gasteiger partial charge on any atom is -0.406 e. The Morgan fingerprint density at radius 2 is 1.62 bits per heavy atom. The van der Waals surface area contributed by atoms with E-state index in [0.29, 0.717) is 5.56 Å². The summed E-state index contributed by atoms with van der Waals surface area (Å²) in [5.74, 6) is -0.530. The molecule has 3 rings (SSSR count). The van der Waals surface area contributed by atoms with Gasteiger partial charge in [0.2, 0.25) is 0 Å². The van der Waals surface area contributed by atoms with Gasteiger partial charge in [0.25, 0.3) is 0 Å². The highest BCUT2D eigenvalue weighted by Gasteiger charge is 2.31. The number of nitrogens with one attached hydrogen (secondary N) is 1. The molecule has 0 aliphatic carbocycles. The number of nitrogens with zero attached hydrogens (tertiary/aromatic N) is 1. The zero-order valence-corrected chi connectivity index (χ0v) is 14.3. The first-order valence-electron chi connectivity index (χ1n) is 8.40. The molecule has 1 atom stereocenters. The van der Waals surface area contributed by atoms with Crippen LogP contribution >= 0.6 is 0 Å². The normalized spacial score (nSPS) is 17.1. The third-order valence-electron chi connectivity index (χ3n) is 4.44. The summed E-state index contributed by atoms with van der Waals surface area (Å²) >= 11 is 0. The van der Waals surface area contributed by atoms with Crippen LogP contribution in [-0.4, -0.2) is 37.4 Å². The Kier molecular flexibility index (Phi) is 5.48. The van der Waals surface area contributed by atoms with Crippen molar-refractivity contribution in [2.45, 2.75) is 19.3 Å². The maximum absolute atomic E-state index is 13.7. The van der Waals surface area contributed by atoms with E-state index in [-0.39, 0.29) is 17.6 Å². The molecule has 1 fully saturated rings. The number of benzene rings is 2. The van der Waals surface area contributed by atoms with Crippen LogP contribution in [0.1, 0.15) is 22.7 Å². The number of halogens is 4. The molecule has 3 nitrogen and oxygen atoms in total. The molecule has 1 N–H and O–H groups in total. The van der Waals surface area contributed by atoms with Crippen molar-refractivity contribution >= 4 is 0 Å². The average Bonchev–Trinajstić information content (AvgIpc) is 2.59. The highest BCUT2D eigenvalue weighted by atomic mass is 19.4. The van der Waals surface area contributed by atoms with Crippen LogP contribution < -0.4 is 10.1 Å². The fourth-order valence-corrected chi connectivity index (χ4v) is 3.24. The Bertz CT molecular complexity index is 740. The molecule has 140 valence electrons. The molecule has 0 spiro atoms. The van der Waals surface area contributed by atoms with Crippen molar-refractivity contribution < 1.29 is 22.3 Å². The minimum atomic E-state index is -4.71. The summed E-state index contributed by atoms with van der Waals surface area (Å²) in [6, 6.07) is 10.7. The van der Waals surface area contributed by atoms with Gasteiger partial charge in [0.1, 0.15) is 11.6 Å². The molecule has 26 heavy (non-hydrogen) atoms. The zero-order valence-electron chi connectivity index (χ0n) is 14.3. The third kappa shape index (κ3) is 4.53. The van der Waals surface area contributed by atoms with Gasteiger partial charge in [-0.15, -0.1) is 13.2 Å². The fourth-order valence-electron chi connectivity index (χ4n) is 3.24. The van der Waals surface area contributed by atoms with Crippen molar-refractivity contribution in [2.75, 3.05) is 26.2 Å². The molecule has 2 aromatic carbocycles. The predicted molar refractivity (Wildman–Crippen MR) is 90.5 cm³/mol. The van der Waals surface area contributed by atoms with Crippen LogP contribution in [0.2, 0.25) is 0 Å². The Morgan fingerprint density at radius 1 is 1.00 bits per heavy atom. The molecule has 1 heterocycles. The Hall–Kier alpha value is -2.12. The first-order valence-corrected chi connectivity index (χ1v) is 8.40. The van der Waals surface area contributed by atoms with Crippen LogP contribution in [-0.2, 0) is 0 Å². The number of piperazine rings is 1. The number of hydrogen-bond acceptors (Lipinski definition) is 3. The van der Waals surface area contributed by atoms with Gasteiger partial charge in [0, 0.05) is 26.2 Å². The average molecular weight is 368 g/mol. The van der Waals surface area contributed by atoms with Crippen LogP contribution in [0.3, 0.4) is 0 Å². The van der Waals surface area contributed by atoms with Crippen LogP contribution in [0, 0.1) is 12.7 Å². The second kappa shape index (κ2) is 7.63. The molecule has 0 unspecified atom stereocenters. The molecule has 0 saturated carbocycles. The van der Waals surface area contributed by atoms with Crippen molar-refractivity contribution in [1.82, 2.24) is 10.2 Å². The van der Waals surface area contributed by atoms with E-state index in [9.17, 15) is 17.6 Å². The standard InChI is InChI=1S/C19H20F4N2O/c1-13-12-15(4-7-17(13)20)18(25-10-8-24-9-11-25)14-2-5-16(6-3-14)26-19(21,22)23/h2-7,12,18,24H,8-11H2,1H3/t18-/m0/s1. The number of aryl methyl sites for hydroxylation is 1. The maximum Gasteiger partial charge on any atom is 0.573 e. The van der Waals surface area contributed by atoms with Gasteiger partial charge in [-0.2, -0.15) is 0 Å². The molecular weight excluding hydrogens is 348 g/mol. The monoisotopic (exact) mass is 368 g/mol. The minimum absolute atomic E-state index is 0.156. The Labute approximate surface area is 149 Å². The smallest absolute Gasteiger partial charge is 0.406 e. The molecule has 2 aromatic rings. The van der Waals surface area contributed by atoms with Crippen molar-refractivity contribution in [2.24, 2.45) is 0 Å². The van der Waals surface area contributed by atoms with E-state index in [1.165, 1.54) is 18.2 Å². The van der Waals surface area contributed by atoms with Gasteiger partial charge in [-0.3, -0.25) is 4.90 Å². The Balaban J connectivity index is 1.93. The topological polar surface area (TPSA) is 24.5 Å². The lowest BCUT2D eigenvalue weighted by atomic mass is 9.95. The molecule has 1 saturated heterocycles. The van der Waals surface area contributed by atoms with Crippen molar-refractivity contribution in [3.8, 4) is 5.75 Å². The molecule has 0 radical (unpaired) electrons. The fraction of sp³-hybridized carbons (Fsp3) is 0.368. The lowest BCUT2D eigenvalue weighted by molar-refractivity contribution is -0.274. The van der Waals surface area contributed by atoms with Gasteiger partial charge in [-0.25, -0.2) is 4.39 Å². The largest absolute Gasteiger partial charge is 0.573 e. The van der Waals surface area contributed by atoms with E-state index in [2.05, 4.69) is 15.0 Å². The van der Waals surface area contributed by atoms with Crippen LogP contribution in [0.25, 0.3) is 0 Å². The number of alkyl halides is 3. The summed E-state index contributed by atoms with van der Waals surface area (Å²) in [6.45, 7) is 4.94. The van der Waals surface area contributed by atoms with Gasteiger partial charge in [0.05, 0.1) is 6.04 Å². The van der Waals surface area contributed by atoms with Crippen molar-refractivity contribution in [1.29, 1.82) is 0 Å². The molecule has 0 aromatic heterocycles. The van der Waals surface area contributed by atoms with E-state index in [0.717, 1.165) is 37.3 Å². The van der Waals surface area contributed by atoms with E-state index in [1.54, 1.807) is 31.2 Å². The van der Waals surface area contributed by atoms with Gasteiger partial charge in [-0.1, -0.05) is 24.3 Å². The number of ether oxygens (including phenoxy) is 1. The van der Waals surface area contributed by atoms with E-state index < -0.39 is 6.36 Å². The summed E-state index contributed by atoms with van der Waals surface area (Å²) in [4.78, 5) is 2.24. The summed E-state index contributed by atoms with van der Waals surface area (Å²) in [6.07, 6.45) is -4.71. The maximum atomic E-state index is 13.7. The second-order valence-electron chi connectivity index (χ2n) is 6.31. The quantitative estimate of drug-likeness (QED) is 0.825. The van der Waals surface area contributed by atoms with E-state index >= 15 is 0 Å². The highest BCUT2D eigenvalue weighted by molar-refractivity contribution is 5.37. The van der Waals surface area contributed by atoms with Crippen LogP contribution in [0.5, 0.6) is 5.75 Å². The van der Waals surface area contributed by atoms with E-state index in [1.807, 2.05) is 0 Å². The summed E-state index contributed by atoms with van der Waals surface area (Å²) in [5, 5.41) is 3.28. The van der Waals surface area contributed by atoms with Crippen LogP contribution in [0.4, 0.5) is 17.6 Å². The van der Waals surface area contributed by atoms with Gasteiger partial charge < -0.3 is 10.1 Å². The molecule has 1 aliphatic rings. The summed E-state index contributed by atoms with van der Waals surface area (Å²) in [5.41, 5.74) is 2.29. The highest BCUT2D eigenvalue weighted by Crippen LogP contribution is 2.32. The van der Waals surface area contributed by atoms with Gasteiger partial charge in [-0.05, 0) is 41.8 Å². The van der Waals surface area contributed by atoms with Crippen molar-refractivity contribution in [3.63, 3.8) is 0 Å². The van der Waals surface area contributed by atoms with Gasteiger partial charge >= 0.3 is 6.36 Å². The second-order valence-corrected chi connectivity index (χ2v) is 6.31. The molecule has 0 bridgehead atoms. The summed E-state index contributed by atoms with van der Waals surface area (Å²) in [7, 11) is 0. The first-order chi connectivity index (χ1) is 12.3. The van der Waals surface area contributed by atoms with Gasteiger partial charge in [0.15, 0.2) is 0 Å². The van der Waals surface area contributed by atoms with E-state index in [4.69, 9.17) is 0 Å². The number of rotatable bonds is 4. The molecule has 1 aliphatic heterocycles. The first kappa shape index (κ1) is 18.7. The molecule has 7 heteroatoms. The van der Waals surface area contributed by atoms with Crippen molar-refractivity contribution in [3.05, 3.63) is 65.0 Å². The van der Waals surface area contributed by atoms with Crippen LogP contribution in [0.15, 0.2) is 42.5 Å². The zero-order chi connectivity index (χ0) is 18.7. The molecular formula is C19H20F4N2O. The SMILES string of the molecule is Cc1cc([C@H](c2ccc(OC(F)(F)F)cc2)N2CCNCC2)ccc1F. The molecule has 0 amide bonds. The predicted octanol–water partition coefficient (Wildman–Crippen LogP) is 4.03. The summed E-state index contributed by atoms with van der Waals surface area (Å²) < 4.78 is 54.7. The number of hydrogen-bond donors (Lipinski definition) is 1. The Morgan fingerprint density at radius 3 is 2.19 bits per heavy atom. The lowest BCUT2D eigenvalue weighted by Gasteiger charge is -2.35.